The molecule has 3 rings (SSSR count). The Balaban J connectivity index is 2.05. The standard InChI is InChI=1S/C15H18N2S/c1-10-6-3-4-7-11(10)15-17-14-12(16-2)8-5-9-13(14)18-15/h3-4,6-7,12,16H,5,8-9H2,1-2H3. The Morgan fingerprint density at radius 1 is 1.33 bits per heavy atom. The van der Waals surface area contributed by atoms with Gasteiger partial charge in [0.25, 0.3) is 0 Å². The maximum absolute atomic E-state index is 4.89. The molecule has 0 bridgehead atoms. The number of hydrogen-bond donors (Lipinski definition) is 1. The molecule has 0 saturated carbocycles. The van der Waals surface area contributed by atoms with Crippen LogP contribution in [-0.4, -0.2) is 12.0 Å². The molecule has 2 nitrogen and oxygen atoms in total. The summed E-state index contributed by atoms with van der Waals surface area (Å²) >= 11 is 1.87. The monoisotopic (exact) mass is 258 g/mol. The van der Waals surface area contributed by atoms with Gasteiger partial charge in [-0.2, -0.15) is 0 Å². The predicted molar refractivity (Wildman–Crippen MR) is 77.0 cm³/mol. The van der Waals surface area contributed by atoms with E-state index in [1.807, 2.05) is 18.4 Å². The van der Waals surface area contributed by atoms with E-state index in [1.54, 1.807) is 0 Å². The second-order valence-electron chi connectivity index (χ2n) is 4.88. The Kier molecular flexibility index (Phi) is 3.18. The van der Waals surface area contributed by atoms with Gasteiger partial charge in [0.2, 0.25) is 0 Å². The molecule has 0 radical (unpaired) electrons. The number of nitrogens with zero attached hydrogens (tertiary/aromatic N) is 1. The van der Waals surface area contributed by atoms with E-state index in [9.17, 15) is 0 Å². The number of nitrogens with one attached hydrogen (secondary N) is 1. The van der Waals surface area contributed by atoms with Crippen molar-refractivity contribution in [2.45, 2.75) is 32.2 Å². The van der Waals surface area contributed by atoms with Crippen molar-refractivity contribution >= 4 is 11.3 Å². The van der Waals surface area contributed by atoms with Gasteiger partial charge < -0.3 is 5.32 Å². The Labute approximate surface area is 112 Å². The number of rotatable bonds is 2. The Morgan fingerprint density at radius 2 is 2.17 bits per heavy atom. The van der Waals surface area contributed by atoms with Crippen molar-refractivity contribution in [1.82, 2.24) is 10.3 Å². The van der Waals surface area contributed by atoms with Crippen LogP contribution in [0.25, 0.3) is 10.6 Å². The Hall–Kier alpha value is -1.19. The molecule has 1 aromatic carbocycles. The smallest absolute Gasteiger partial charge is 0.124 e. The molecule has 2 aromatic rings. The fourth-order valence-corrected chi connectivity index (χ4v) is 3.88. The summed E-state index contributed by atoms with van der Waals surface area (Å²) in [4.78, 5) is 6.36. The van der Waals surface area contributed by atoms with Crippen LogP contribution in [0.5, 0.6) is 0 Å². The average molecular weight is 258 g/mol. The third kappa shape index (κ3) is 1.98. The molecule has 1 aromatic heterocycles. The second kappa shape index (κ2) is 4.82. The number of aromatic nitrogens is 1. The van der Waals surface area contributed by atoms with Crippen LogP contribution in [-0.2, 0) is 6.42 Å². The minimum atomic E-state index is 0.447. The SMILES string of the molecule is CNC1CCCc2sc(-c3ccccc3C)nc21. The summed E-state index contributed by atoms with van der Waals surface area (Å²) in [6.45, 7) is 2.16. The number of fused-ring (bicyclic) bond motifs is 1. The molecule has 94 valence electrons. The molecule has 18 heavy (non-hydrogen) atoms. The highest BCUT2D eigenvalue weighted by Crippen LogP contribution is 2.37. The summed E-state index contributed by atoms with van der Waals surface area (Å²) in [5.41, 5.74) is 3.88. The lowest BCUT2D eigenvalue weighted by molar-refractivity contribution is 0.490. The average Bonchev–Trinajstić information content (AvgIpc) is 2.82. The van der Waals surface area contributed by atoms with E-state index in [4.69, 9.17) is 4.98 Å². The molecule has 0 aliphatic heterocycles. The van der Waals surface area contributed by atoms with E-state index in [0.717, 1.165) is 0 Å². The molecule has 0 saturated heterocycles. The van der Waals surface area contributed by atoms with Crippen LogP contribution in [0.3, 0.4) is 0 Å². The second-order valence-corrected chi connectivity index (χ2v) is 5.96. The van der Waals surface area contributed by atoms with Gasteiger partial charge in [-0.15, -0.1) is 11.3 Å². The van der Waals surface area contributed by atoms with E-state index in [1.165, 1.54) is 46.0 Å². The van der Waals surface area contributed by atoms with E-state index in [2.05, 4.69) is 36.5 Å². The van der Waals surface area contributed by atoms with Crippen molar-refractivity contribution in [3.63, 3.8) is 0 Å². The molecule has 0 amide bonds. The number of thiazole rings is 1. The first-order valence-electron chi connectivity index (χ1n) is 6.52. The highest BCUT2D eigenvalue weighted by Gasteiger charge is 2.23. The van der Waals surface area contributed by atoms with Gasteiger partial charge in [-0.25, -0.2) is 4.98 Å². The highest BCUT2D eigenvalue weighted by atomic mass is 32.1. The zero-order valence-electron chi connectivity index (χ0n) is 10.9. The van der Waals surface area contributed by atoms with Gasteiger partial charge in [0.15, 0.2) is 0 Å². The van der Waals surface area contributed by atoms with Gasteiger partial charge in [0, 0.05) is 10.4 Å². The molecule has 1 heterocycles. The van der Waals surface area contributed by atoms with Gasteiger partial charge in [-0.1, -0.05) is 24.3 Å². The van der Waals surface area contributed by atoms with Crippen LogP contribution in [0.1, 0.15) is 35.0 Å². The van der Waals surface area contributed by atoms with Crippen LogP contribution < -0.4 is 5.32 Å². The van der Waals surface area contributed by atoms with E-state index in [0.29, 0.717) is 6.04 Å². The van der Waals surface area contributed by atoms with Crippen molar-refractivity contribution in [3.05, 3.63) is 40.4 Å². The minimum Gasteiger partial charge on any atom is -0.312 e. The van der Waals surface area contributed by atoms with Crippen molar-refractivity contribution in [2.24, 2.45) is 0 Å². The normalized spacial score (nSPS) is 18.7. The molecule has 1 unspecified atom stereocenters. The highest BCUT2D eigenvalue weighted by molar-refractivity contribution is 7.15. The fraction of sp³-hybridized carbons (Fsp3) is 0.400. The third-order valence-corrected chi connectivity index (χ3v) is 4.84. The molecular formula is C15H18N2S. The molecule has 1 aliphatic carbocycles. The van der Waals surface area contributed by atoms with Crippen LogP contribution in [0.4, 0.5) is 0 Å². The number of aryl methyl sites for hydroxylation is 2. The van der Waals surface area contributed by atoms with Crippen molar-refractivity contribution in [1.29, 1.82) is 0 Å². The van der Waals surface area contributed by atoms with Crippen LogP contribution in [0.15, 0.2) is 24.3 Å². The third-order valence-electron chi connectivity index (χ3n) is 3.68. The molecule has 0 spiro atoms. The van der Waals surface area contributed by atoms with Gasteiger partial charge >= 0.3 is 0 Å². The van der Waals surface area contributed by atoms with E-state index in [-0.39, 0.29) is 0 Å². The van der Waals surface area contributed by atoms with Crippen molar-refractivity contribution < 1.29 is 0 Å². The van der Waals surface area contributed by atoms with Gasteiger partial charge in [0.05, 0.1) is 11.7 Å². The van der Waals surface area contributed by atoms with Gasteiger partial charge in [-0.3, -0.25) is 0 Å². The summed E-state index contributed by atoms with van der Waals surface area (Å²) in [7, 11) is 2.03. The topological polar surface area (TPSA) is 24.9 Å². The summed E-state index contributed by atoms with van der Waals surface area (Å²) in [5, 5.41) is 4.56. The van der Waals surface area contributed by atoms with Gasteiger partial charge in [0.1, 0.15) is 5.01 Å². The molecule has 1 N–H and O–H groups in total. The first-order valence-corrected chi connectivity index (χ1v) is 7.34. The molecular weight excluding hydrogens is 240 g/mol. The fourth-order valence-electron chi connectivity index (χ4n) is 2.63. The van der Waals surface area contributed by atoms with E-state index >= 15 is 0 Å². The maximum atomic E-state index is 4.89. The van der Waals surface area contributed by atoms with E-state index < -0.39 is 0 Å². The lowest BCUT2D eigenvalue weighted by Crippen LogP contribution is -2.21. The maximum Gasteiger partial charge on any atom is 0.124 e. The predicted octanol–water partition coefficient (Wildman–Crippen LogP) is 3.72. The molecule has 1 aliphatic rings. The van der Waals surface area contributed by atoms with Crippen LogP contribution in [0, 0.1) is 6.92 Å². The molecule has 1 atom stereocenters. The minimum absolute atomic E-state index is 0.447. The quantitative estimate of drug-likeness (QED) is 0.888. The zero-order chi connectivity index (χ0) is 12.5. The molecule has 0 fully saturated rings. The first kappa shape index (κ1) is 11.9. The number of benzene rings is 1. The van der Waals surface area contributed by atoms with Crippen LogP contribution in [0.2, 0.25) is 0 Å². The largest absolute Gasteiger partial charge is 0.312 e. The first-order chi connectivity index (χ1) is 8.79. The zero-order valence-corrected chi connectivity index (χ0v) is 11.7. The summed E-state index contributed by atoms with van der Waals surface area (Å²) in [5.74, 6) is 0. The Morgan fingerprint density at radius 3 is 2.94 bits per heavy atom. The van der Waals surface area contributed by atoms with Crippen molar-refractivity contribution in [3.8, 4) is 10.6 Å². The summed E-state index contributed by atoms with van der Waals surface area (Å²) in [6, 6.07) is 8.96. The lowest BCUT2D eigenvalue weighted by Gasteiger charge is -2.19. The Bertz CT molecular complexity index is 559. The van der Waals surface area contributed by atoms with Crippen molar-refractivity contribution in [2.75, 3.05) is 7.05 Å². The lowest BCUT2D eigenvalue weighted by atomic mass is 9.98. The molecule has 3 heteroatoms. The number of hydrogen-bond acceptors (Lipinski definition) is 3. The summed E-state index contributed by atoms with van der Waals surface area (Å²) in [6.07, 6.45) is 3.67. The van der Waals surface area contributed by atoms with Gasteiger partial charge in [-0.05, 0) is 38.8 Å². The van der Waals surface area contributed by atoms with Crippen LogP contribution >= 0.6 is 11.3 Å². The summed E-state index contributed by atoms with van der Waals surface area (Å²) < 4.78 is 0.